The van der Waals surface area contributed by atoms with Crippen LogP contribution in [0.15, 0.2) is 24.3 Å². The highest BCUT2D eigenvalue weighted by Crippen LogP contribution is 2.22. The van der Waals surface area contributed by atoms with Crippen molar-refractivity contribution in [1.82, 2.24) is 9.80 Å². The number of halogens is 2. The van der Waals surface area contributed by atoms with Crippen LogP contribution in [0, 0.1) is 0 Å². The molecule has 0 N–H and O–H groups in total. The summed E-state index contributed by atoms with van der Waals surface area (Å²) in [5.41, 5.74) is 0.108. The molecule has 1 heterocycles. The quantitative estimate of drug-likeness (QED) is 0.819. The molecule has 0 atom stereocenters. The molecular weight excluding hydrogens is 326 g/mol. The number of carbonyl (C=O) groups is 2. The Morgan fingerprint density at radius 3 is 2.39 bits per heavy atom. The minimum atomic E-state index is -2.98. The zero-order chi connectivity index (χ0) is 16.8. The molecule has 8 heteroatoms. The zero-order valence-electron chi connectivity index (χ0n) is 12.7. The summed E-state index contributed by atoms with van der Waals surface area (Å²) >= 11 is 1.46. The Labute approximate surface area is 137 Å². The number of para-hydroxylation sites is 1. The molecule has 0 radical (unpaired) electrons. The summed E-state index contributed by atoms with van der Waals surface area (Å²) < 4.78 is 29.3. The fraction of sp³-hybridized carbons (Fsp3) is 0.467. The molecule has 2 rings (SSSR count). The van der Waals surface area contributed by atoms with Crippen LogP contribution in [0.3, 0.4) is 0 Å². The van der Waals surface area contributed by atoms with Crippen LogP contribution in [0.25, 0.3) is 0 Å². The van der Waals surface area contributed by atoms with Crippen molar-refractivity contribution in [2.45, 2.75) is 6.61 Å². The van der Waals surface area contributed by atoms with Gasteiger partial charge in [-0.1, -0.05) is 12.1 Å². The van der Waals surface area contributed by atoms with Crippen molar-refractivity contribution in [3.63, 3.8) is 0 Å². The van der Waals surface area contributed by atoms with Crippen LogP contribution in [-0.2, 0) is 4.79 Å². The number of rotatable bonds is 5. The van der Waals surface area contributed by atoms with Gasteiger partial charge >= 0.3 is 6.61 Å². The predicted molar refractivity (Wildman–Crippen MR) is 83.9 cm³/mol. The van der Waals surface area contributed by atoms with Gasteiger partial charge in [-0.3, -0.25) is 9.59 Å². The molecule has 0 saturated carbocycles. The van der Waals surface area contributed by atoms with E-state index in [0.29, 0.717) is 31.9 Å². The van der Waals surface area contributed by atoms with E-state index in [0.717, 1.165) is 0 Å². The first-order valence-corrected chi connectivity index (χ1v) is 8.52. The molecule has 0 spiro atoms. The molecule has 1 saturated heterocycles. The lowest BCUT2D eigenvalue weighted by Gasteiger charge is -2.35. The molecule has 1 fully saturated rings. The van der Waals surface area contributed by atoms with Gasteiger partial charge in [-0.2, -0.15) is 20.5 Å². The first-order chi connectivity index (χ1) is 11.0. The van der Waals surface area contributed by atoms with Crippen LogP contribution in [0.5, 0.6) is 5.75 Å². The predicted octanol–water partition coefficient (Wildman–Crippen LogP) is 1.94. The van der Waals surface area contributed by atoms with Crippen LogP contribution in [0.2, 0.25) is 0 Å². The third-order valence-corrected chi connectivity index (χ3v) is 4.06. The van der Waals surface area contributed by atoms with Crippen molar-refractivity contribution in [2.24, 2.45) is 0 Å². The number of ether oxygens (including phenoxy) is 1. The average Bonchev–Trinajstić information content (AvgIpc) is 2.54. The summed E-state index contributed by atoms with van der Waals surface area (Å²) in [6.07, 6.45) is 1.86. The number of alkyl halides is 2. The van der Waals surface area contributed by atoms with Crippen LogP contribution < -0.4 is 4.74 Å². The number of hydrogen-bond donors (Lipinski definition) is 0. The second-order valence-electron chi connectivity index (χ2n) is 4.98. The summed E-state index contributed by atoms with van der Waals surface area (Å²) in [6.45, 7) is -1.33. The maximum absolute atomic E-state index is 12.5. The zero-order valence-corrected chi connectivity index (χ0v) is 13.5. The average molecular weight is 344 g/mol. The summed E-state index contributed by atoms with van der Waals surface area (Å²) in [4.78, 5) is 27.6. The van der Waals surface area contributed by atoms with Gasteiger partial charge in [-0.15, -0.1) is 0 Å². The van der Waals surface area contributed by atoms with Gasteiger partial charge in [-0.25, -0.2) is 0 Å². The van der Waals surface area contributed by atoms with Gasteiger partial charge in [0.1, 0.15) is 5.75 Å². The van der Waals surface area contributed by atoms with E-state index in [-0.39, 0.29) is 23.1 Å². The number of thioether (sulfide) groups is 1. The molecule has 1 aromatic carbocycles. The maximum atomic E-state index is 12.5. The summed E-state index contributed by atoms with van der Waals surface area (Å²) in [5, 5.41) is 0. The number of amides is 2. The van der Waals surface area contributed by atoms with E-state index < -0.39 is 6.61 Å². The van der Waals surface area contributed by atoms with Gasteiger partial charge in [0.2, 0.25) is 5.91 Å². The Kier molecular flexibility index (Phi) is 6.20. The van der Waals surface area contributed by atoms with Crippen LogP contribution in [0.4, 0.5) is 8.78 Å². The van der Waals surface area contributed by atoms with Gasteiger partial charge in [0.25, 0.3) is 5.91 Å². The molecule has 2 amide bonds. The van der Waals surface area contributed by atoms with Gasteiger partial charge < -0.3 is 14.5 Å². The molecule has 0 bridgehead atoms. The normalized spacial score (nSPS) is 15.0. The van der Waals surface area contributed by atoms with Crippen molar-refractivity contribution in [3.05, 3.63) is 29.8 Å². The van der Waals surface area contributed by atoms with E-state index in [2.05, 4.69) is 4.74 Å². The summed E-state index contributed by atoms with van der Waals surface area (Å²) in [7, 11) is 0. The highest BCUT2D eigenvalue weighted by atomic mass is 32.2. The fourth-order valence-electron chi connectivity index (χ4n) is 2.39. The van der Waals surface area contributed by atoms with E-state index in [1.807, 2.05) is 6.26 Å². The lowest BCUT2D eigenvalue weighted by Crippen LogP contribution is -2.51. The van der Waals surface area contributed by atoms with Gasteiger partial charge in [0.15, 0.2) is 0 Å². The Morgan fingerprint density at radius 1 is 1.17 bits per heavy atom. The molecular formula is C15H18F2N2O3S. The lowest BCUT2D eigenvalue weighted by atomic mass is 10.1. The maximum Gasteiger partial charge on any atom is 0.387 e. The second kappa shape index (κ2) is 8.14. The van der Waals surface area contributed by atoms with Gasteiger partial charge in [0, 0.05) is 26.2 Å². The number of nitrogens with zero attached hydrogens (tertiary/aromatic N) is 2. The molecule has 23 heavy (non-hydrogen) atoms. The molecule has 5 nitrogen and oxygen atoms in total. The lowest BCUT2D eigenvalue weighted by molar-refractivity contribution is -0.129. The number of piperazine rings is 1. The minimum absolute atomic E-state index is 0.0473. The van der Waals surface area contributed by atoms with E-state index in [9.17, 15) is 18.4 Å². The van der Waals surface area contributed by atoms with Crippen LogP contribution in [-0.4, -0.2) is 66.4 Å². The van der Waals surface area contributed by atoms with Crippen LogP contribution >= 0.6 is 11.8 Å². The van der Waals surface area contributed by atoms with Crippen molar-refractivity contribution in [2.75, 3.05) is 38.2 Å². The first-order valence-electron chi connectivity index (χ1n) is 7.12. The Balaban J connectivity index is 2.01. The Bertz CT molecular complexity index is 563. The Morgan fingerprint density at radius 2 is 1.78 bits per heavy atom. The monoisotopic (exact) mass is 344 g/mol. The molecule has 126 valence electrons. The summed E-state index contributed by atoms with van der Waals surface area (Å²) in [6, 6.07) is 5.94. The molecule has 1 aliphatic rings. The highest BCUT2D eigenvalue weighted by molar-refractivity contribution is 7.99. The third kappa shape index (κ3) is 4.57. The first kappa shape index (κ1) is 17.5. The SMILES string of the molecule is CSCC(=O)N1CCN(C(=O)c2ccccc2OC(F)F)CC1. The van der Waals surface area contributed by atoms with E-state index in [1.165, 1.54) is 30.0 Å². The fourth-order valence-corrected chi connectivity index (χ4v) is 2.82. The van der Waals surface area contributed by atoms with Crippen molar-refractivity contribution in [3.8, 4) is 5.75 Å². The standard InChI is InChI=1S/C15H18F2N2O3S/c1-23-10-13(20)18-6-8-19(9-7-18)14(21)11-4-2-3-5-12(11)22-15(16)17/h2-5,15H,6-10H2,1H3. The molecule has 0 aromatic heterocycles. The minimum Gasteiger partial charge on any atom is -0.434 e. The van der Waals surface area contributed by atoms with E-state index in [1.54, 1.807) is 15.9 Å². The van der Waals surface area contributed by atoms with E-state index in [4.69, 9.17) is 0 Å². The second-order valence-corrected chi connectivity index (χ2v) is 5.85. The summed E-state index contributed by atoms with van der Waals surface area (Å²) in [5.74, 6) is -0.0309. The largest absolute Gasteiger partial charge is 0.434 e. The van der Waals surface area contributed by atoms with Crippen molar-refractivity contribution < 1.29 is 23.1 Å². The topological polar surface area (TPSA) is 49.9 Å². The van der Waals surface area contributed by atoms with Gasteiger partial charge in [-0.05, 0) is 18.4 Å². The molecule has 1 aromatic rings. The van der Waals surface area contributed by atoms with Crippen molar-refractivity contribution in [1.29, 1.82) is 0 Å². The number of carbonyl (C=O) groups excluding carboxylic acids is 2. The smallest absolute Gasteiger partial charge is 0.387 e. The van der Waals surface area contributed by atoms with Crippen LogP contribution in [0.1, 0.15) is 10.4 Å². The van der Waals surface area contributed by atoms with E-state index >= 15 is 0 Å². The number of hydrogen-bond acceptors (Lipinski definition) is 4. The Hall–Kier alpha value is -1.83. The third-order valence-electron chi connectivity index (χ3n) is 3.52. The molecule has 0 unspecified atom stereocenters. The molecule has 1 aliphatic heterocycles. The highest BCUT2D eigenvalue weighted by Gasteiger charge is 2.26. The van der Waals surface area contributed by atoms with Gasteiger partial charge in [0.05, 0.1) is 11.3 Å². The number of benzene rings is 1. The van der Waals surface area contributed by atoms with Crippen molar-refractivity contribution >= 4 is 23.6 Å². The molecule has 0 aliphatic carbocycles.